The van der Waals surface area contributed by atoms with Gasteiger partial charge in [-0.3, -0.25) is 14.5 Å². The van der Waals surface area contributed by atoms with Gasteiger partial charge in [0.1, 0.15) is 5.92 Å². The van der Waals surface area contributed by atoms with Gasteiger partial charge >= 0.3 is 0 Å². The zero-order valence-electron chi connectivity index (χ0n) is 9.96. The van der Waals surface area contributed by atoms with Crippen molar-refractivity contribution in [2.75, 3.05) is 0 Å². The molecule has 4 heteroatoms. The smallest absolute Gasteiger partial charge is 0.253 e. The number of hydrogen-bond acceptors (Lipinski definition) is 3. The molecule has 0 saturated heterocycles. The van der Waals surface area contributed by atoms with Crippen molar-refractivity contribution in [2.24, 2.45) is 5.92 Å². The van der Waals surface area contributed by atoms with Crippen molar-refractivity contribution >= 4 is 11.8 Å². The lowest BCUT2D eigenvalue weighted by Gasteiger charge is -2.26. The van der Waals surface area contributed by atoms with E-state index >= 15 is 0 Å². The maximum Gasteiger partial charge on any atom is 0.253 e. The number of nitrogens with zero attached hydrogens (tertiary/aromatic N) is 2. The fourth-order valence-corrected chi connectivity index (χ4v) is 1.89. The van der Waals surface area contributed by atoms with Gasteiger partial charge in [0.05, 0.1) is 12.6 Å². The molecule has 90 valence electrons. The van der Waals surface area contributed by atoms with Crippen molar-refractivity contribution in [3.8, 4) is 6.07 Å². The minimum atomic E-state index is -0.841. The van der Waals surface area contributed by atoms with Crippen LogP contribution >= 0.6 is 0 Å². The molecular weight excluding hydrogens is 228 g/mol. The van der Waals surface area contributed by atoms with Crippen molar-refractivity contribution in [2.45, 2.75) is 13.5 Å². The van der Waals surface area contributed by atoms with Gasteiger partial charge in [-0.05, 0) is 18.1 Å². The summed E-state index contributed by atoms with van der Waals surface area (Å²) in [5.74, 6) is -1.63. The average Bonchev–Trinajstić information content (AvgIpc) is 2.36. The highest BCUT2D eigenvalue weighted by atomic mass is 16.2. The molecular formula is C14H12N2O2. The number of benzene rings is 1. The molecule has 2 amide bonds. The van der Waals surface area contributed by atoms with E-state index in [0.29, 0.717) is 5.57 Å². The van der Waals surface area contributed by atoms with Crippen LogP contribution in [0.1, 0.15) is 12.5 Å². The second-order valence-corrected chi connectivity index (χ2v) is 4.20. The van der Waals surface area contributed by atoms with Crippen molar-refractivity contribution < 1.29 is 9.59 Å². The summed E-state index contributed by atoms with van der Waals surface area (Å²) in [7, 11) is 0. The Kier molecular flexibility index (Phi) is 3.24. The highest BCUT2D eigenvalue weighted by molar-refractivity contribution is 6.07. The average molecular weight is 240 g/mol. The fourth-order valence-electron chi connectivity index (χ4n) is 1.89. The zero-order valence-corrected chi connectivity index (χ0v) is 9.96. The number of carbonyl (C=O) groups is 2. The van der Waals surface area contributed by atoms with Crippen molar-refractivity contribution in [3.63, 3.8) is 0 Å². The quantitative estimate of drug-likeness (QED) is 0.738. The van der Waals surface area contributed by atoms with E-state index in [9.17, 15) is 9.59 Å². The van der Waals surface area contributed by atoms with Crippen LogP contribution in [0.4, 0.5) is 0 Å². The third kappa shape index (κ3) is 2.16. The molecule has 0 fully saturated rings. The van der Waals surface area contributed by atoms with Gasteiger partial charge in [-0.25, -0.2) is 0 Å². The Bertz CT molecular complexity index is 555. The summed E-state index contributed by atoms with van der Waals surface area (Å²) in [5, 5.41) is 8.95. The topological polar surface area (TPSA) is 61.2 Å². The summed E-state index contributed by atoms with van der Waals surface area (Å²) in [6.07, 6.45) is 1.36. The van der Waals surface area contributed by atoms with E-state index in [1.165, 1.54) is 6.08 Å². The van der Waals surface area contributed by atoms with Crippen molar-refractivity contribution in [3.05, 3.63) is 47.5 Å². The molecule has 0 aliphatic carbocycles. The van der Waals surface area contributed by atoms with Gasteiger partial charge in [-0.2, -0.15) is 5.26 Å². The summed E-state index contributed by atoms with van der Waals surface area (Å²) in [6, 6.07) is 11.2. The van der Waals surface area contributed by atoms with Gasteiger partial charge in [-0.1, -0.05) is 30.3 Å². The molecule has 0 bridgehead atoms. The van der Waals surface area contributed by atoms with E-state index in [1.54, 1.807) is 6.92 Å². The molecule has 1 aliphatic heterocycles. The molecule has 2 rings (SSSR count). The fraction of sp³-hybridized carbons (Fsp3) is 0.214. The first-order chi connectivity index (χ1) is 8.63. The third-order valence-corrected chi connectivity index (χ3v) is 2.90. The molecule has 1 heterocycles. The molecule has 1 unspecified atom stereocenters. The number of amides is 2. The molecule has 0 radical (unpaired) electrons. The summed E-state index contributed by atoms with van der Waals surface area (Å²) in [6.45, 7) is 1.84. The van der Waals surface area contributed by atoms with E-state index in [0.717, 1.165) is 10.5 Å². The number of carbonyl (C=O) groups excluding carboxylic acids is 2. The number of hydrogen-bond donors (Lipinski definition) is 0. The number of rotatable bonds is 2. The summed E-state index contributed by atoms with van der Waals surface area (Å²) >= 11 is 0. The molecule has 0 aromatic heterocycles. The highest BCUT2D eigenvalue weighted by Crippen LogP contribution is 2.21. The third-order valence-electron chi connectivity index (χ3n) is 2.90. The van der Waals surface area contributed by atoms with Crippen LogP contribution in [0.25, 0.3) is 0 Å². The second kappa shape index (κ2) is 4.84. The Morgan fingerprint density at radius 1 is 1.28 bits per heavy atom. The predicted molar refractivity (Wildman–Crippen MR) is 64.9 cm³/mol. The standard InChI is InChI=1S/C14H12N2O2/c1-10-7-13(17)16(14(18)12(10)8-15)9-11-5-3-2-4-6-11/h2-7,12H,9H2,1H3. The monoisotopic (exact) mass is 240 g/mol. The number of imide groups is 1. The Morgan fingerprint density at radius 2 is 1.94 bits per heavy atom. The van der Waals surface area contributed by atoms with Crippen LogP contribution in [0.15, 0.2) is 42.0 Å². The minimum absolute atomic E-state index is 0.209. The maximum atomic E-state index is 12.0. The Labute approximate surface area is 105 Å². The molecule has 1 aliphatic rings. The first-order valence-electron chi connectivity index (χ1n) is 5.60. The van der Waals surface area contributed by atoms with Gasteiger partial charge in [0.15, 0.2) is 0 Å². The van der Waals surface area contributed by atoms with E-state index in [1.807, 2.05) is 36.4 Å². The molecule has 1 atom stereocenters. The second-order valence-electron chi connectivity index (χ2n) is 4.20. The van der Waals surface area contributed by atoms with Crippen LogP contribution in [-0.2, 0) is 16.1 Å². The van der Waals surface area contributed by atoms with E-state index in [-0.39, 0.29) is 12.5 Å². The van der Waals surface area contributed by atoms with E-state index in [4.69, 9.17) is 5.26 Å². The minimum Gasteiger partial charge on any atom is -0.273 e. The van der Waals surface area contributed by atoms with Gasteiger partial charge in [0.25, 0.3) is 11.8 Å². The van der Waals surface area contributed by atoms with Crippen LogP contribution in [0.5, 0.6) is 0 Å². The van der Waals surface area contributed by atoms with E-state index in [2.05, 4.69) is 0 Å². The lowest BCUT2D eigenvalue weighted by atomic mass is 9.96. The van der Waals surface area contributed by atoms with Crippen molar-refractivity contribution in [1.29, 1.82) is 5.26 Å². The van der Waals surface area contributed by atoms with E-state index < -0.39 is 11.8 Å². The van der Waals surface area contributed by atoms with Crippen LogP contribution in [0.3, 0.4) is 0 Å². The van der Waals surface area contributed by atoms with Gasteiger partial charge in [0.2, 0.25) is 0 Å². The lowest BCUT2D eigenvalue weighted by Crippen LogP contribution is -2.42. The largest absolute Gasteiger partial charge is 0.273 e. The number of nitriles is 1. The molecule has 0 saturated carbocycles. The molecule has 1 aromatic rings. The molecule has 0 spiro atoms. The predicted octanol–water partition coefficient (Wildman–Crippen LogP) is 1.64. The molecule has 0 N–H and O–H groups in total. The lowest BCUT2D eigenvalue weighted by molar-refractivity contribution is -0.144. The summed E-state index contributed by atoms with van der Waals surface area (Å²) < 4.78 is 0. The maximum absolute atomic E-state index is 12.0. The van der Waals surface area contributed by atoms with Gasteiger partial charge < -0.3 is 0 Å². The van der Waals surface area contributed by atoms with Crippen molar-refractivity contribution in [1.82, 2.24) is 4.90 Å². The summed E-state index contributed by atoms with van der Waals surface area (Å²) in [5.41, 5.74) is 1.38. The highest BCUT2D eigenvalue weighted by Gasteiger charge is 2.33. The SMILES string of the molecule is CC1=CC(=O)N(Cc2ccccc2)C(=O)C1C#N. The molecule has 4 nitrogen and oxygen atoms in total. The molecule has 1 aromatic carbocycles. The van der Waals surface area contributed by atoms with Crippen LogP contribution in [-0.4, -0.2) is 16.7 Å². The Hall–Kier alpha value is -2.41. The van der Waals surface area contributed by atoms with Crippen LogP contribution in [0, 0.1) is 17.2 Å². The first-order valence-corrected chi connectivity index (χ1v) is 5.60. The van der Waals surface area contributed by atoms with Gasteiger partial charge in [-0.15, -0.1) is 0 Å². The first kappa shape index (κ1) is 12.1. The zero-order chi connectivity index (χ0) is 13.1. The molecule has 18 heavy (non-hydrogen) atoms. The van der Waals surface area contributed by atoms with Crippen LogP contribution in [0.2, 0.25) is 0 Å². The van der Waals surface area contributed by atoms with Gasteiger partial charge in [0, 0.05) is 6.08 Å². The summed E-state index contributed by atoms with van der Waals surface area (Å²) in [4.78, 5) is 24.9. The Morgan fingerprint density at radius 3 is 2.56 bits per heavy atom. The Balaban J connectivity index is 2.27. The van der Waals surface area contributed by atoms with Crippen LogP contribution < -0.4 is 0 Å². The normalized spacial score (nSPS) is 19.4.